The Morgan fingerprint density at radius 2 is 2.00 bits per heavy atom. The SMILES string of the molecule is CCC1NC(=O)NC(=O)C1(C)C. The van der Waals surface area contributed by atoms with Crippen LogP contribution >= 0.6 is 0 Å². The zero-order chi connectivity index (χ0) is 9.35. The Hall–Kier alpha value is -1.06. The van der Waals surface area contributed by atoms with Gasteiger partial charge in [-0.1, -0.05) is 6.92 Å². The molecule has 2 N–H and O–H groups in total. The van der Waals surface area contributed by atoms with Gasteiger partial charge < -0.3 is 5.32 Å². The maximum absolute atomic E-state index is 11.3. The lowest BCUT2D eigenvalue weighted by atomic mass is 9.81. The predicted molar refractivity (Wildman–Crippen MR) is 44.5 cm³/mol. The van der Waals surface area contributed by atoms with Crippen LogP contribution in [0.3, 0.4) is 0 Å². The molecule has 1 heterocycles. The lowest BCUT2D eigenvalue weighted by molar-refractivity contribution is -0.131. The van der Waals surface area contributed by atoms with E-state index in [0.717, 1.165) is 6.42 Å². The Kier molecular flexibility index (Phi) is 2.08. The van der Waals surface area contributed by atoms with Crippen molar-refractivity contribution in [2.45, 2.75) is 33.2 Å². The van der Waals surface area contributed by atoms with E-state index in [2.05, 4.69) is 10.6 Å². The summed E-state index contributed by atoms with van der Waals surface area (Å²) in [5, 5.41) is 4.96. The molecule has 0 bridgehead atoms. The summed E-state index contributed by atoms with van der Waals surface area (Å²) in [5.41, 5.74) is -0.497. The van der Waals surface area contributed by atoms with E-state index in [1.165, 1.54) is 0 Å². The first-order chi connectivity index (χ1) is 5.48. The monoisotopic (exact) mass is 170 g/mol. The van der Waals surface area contributed by atoms with Crippen molar-refractivity contribution >= 4 is 11.9 Å². The molecule has 0 radical (unpaired) electrons. The van der Waals surface area contributed by atoms with Crippen molar-refractivity contribution < 1.29 is 9.59 Å². The topological polar surface area (TPSA) is 58.2 Å². The second-order valence-corrected chi connectivity index (χ2v) is 3.61. The first kappa shape index (κ1) is 9.03. The van der Waals surface area contributed by atoms with E-state index in [-0.39, 0.29) is 18.0 Å². The predicted octanol–water partition coefficient (Wildman–Crippen LogP) is 0.631. The summed E-state index contributed by atoms with van der Waals surface area (Å²) < 4.78 is 0. The number of rotatable bonds is 1. The van der Waals surface area contributed by atoms with Crippen LogP contribution in [-0.4, -0.2) is 18.0 Å². The van der Waals surface area contributed by atoms with E-state index < -0.39 is 5.41 Å². The van der Waals surface area contributed by atoms with E-state index >= 15 is 0 Å². The second kappa shape index (κ2) is 2.77. The fourth-order valence-electron chi connectivity index (χ4n) is 1.41. The third-order valence-electron chi connectivity index (χ3n) is 2.40. The Morgan fingerprint density at radius 1 is 1.42 bits per heavy atom. The molecule has 1 aliphatic rings. The van der Waals surface area contributed by atoms with Crippen molar-refractivity contribution in [3.8, 4) is 0 Å². The molecular formula is C8H14N2O2. The van der Waals surface area contributed by atoms with E-state index in [0.29, 0.717) is 0 Å². The minimum atomic E-state index is -0.497. The first-order valence-electron chi connectivity index (χ1n) is 4.10. The van der Waals surface area contributed by atoms with Gasteiger partial charge in [0.15, 0.2) is 0 Å². The van der Waals surface area contributed by atoms with Gasteiger partial charge in [0.1, 0.15) is 0 Å². The molecule has 0 saturated carbocycles. The fraction of sp³-hybridized carbons (Fsp3) is 0.750. The average Bonchev–Trinajstić information content (AvgIpc) is 1.97. The third kappa shape index (κ3) is 1.29. The molecule has 0 aliphatic carbocycles. The van der Waals surface area contributed by atoms with Gasteiger partial charge in [0, 0.05) is 6.04 Å². The molecule has 0 aromatic carbocycles. The largest absolute Gasteiger partial charge is 0.334 e. The van der Waals surface area contributed by atoms with Crippen molar-refractivity contribution in [1.82, 2.24) is 10.6 Å². The molecule has 1 saturated heterocycles. The summed E-state index contributed by atoms with van der Waals surface area (Å²) >= 11 is 0. The molecule has 0 aromatic rings. The highest BCUT2D eigenvalue weighted by atomic mass is 16.2. The molecule has 1 unspecified atom stereocenters. The normalized spacial score (nSPS) is 27.8. The summed E-state index contributed by atoms with van der Waals surface area (Å²) in [4.78, 5) is 22.2. The first-order valence-corrected chi connectivity index (χ1v) is 4.10. The highest BCUT2D eigenvalue weighted by Crippen LogP contribution is 2.25. The number of hydrogen-bond acceptors (Lipinski definition) is 2. The van der Waals surface area contributed by atoms with Crippen LogP contribution in [0, 0.1) is 5.41 Å². The minimum Gasteiger partial charge on any atom is -0.334 e. The van der Waals surface area contributed by atoms with Gasteiger partial charge >= 0.3 is 6.03 Å². The van der Waals surface area contributed by atoms with E-state index in [4.69, 9.17) is 0 Å². The number of carbonyl (C=O) groups excluding carboxylic acids is 2. The molecule has 4 heteroatoms. The van der Waals surface area contributed by atoms with Gasteiger partial charge in [-0.15, -0.1) is 0 Å². The van der Waals surface area contributed by atoms with Crippen LogP contribution in [0.4, 0.5) is 4.79 Å². The summed E-state index contributed by atoms with van der Waals surface area (Å²) in [7, 11) is 0. The molecule has 1 rings (SSSR count). The van der Waals surface area contributed by atoms with Crippen LogP contribution in [0.25, 0.3) is 0 Å². The third-order valence-corrected chi connectivity index (χ3v) is 2.40. The number of hydrogen-bond donors (Lipinski definition) is 2. The van der Waals surface area contributed by atoms with Gasteiger partial charge in [-0.05, 0) is 20.3 Å². The minimum absolute atomic E-state index is 0.0567. The van der Waals surface area contributed by atoms with Crippen LogP contribution in [0.15, 0.2) is 0 Å². The van der Waals surface area contributed by atoms with Crippen molar-refractivity contribution in [3.63, 3.8) is 0 Å². The van der Waals surface area contributed by atoms with Crippen LogP contribution in [-0.2, 0) is 4.79 Å². The Bertz CT molecular complexity index is 223. The van der Waals surface area contributed by atoms with E-state index in [1.54, 1.807) is 0 Å². The summed E-state index contributed by atoms with van der Waals surface area (Å²) in [6.07, 6.45) is 0.770. The van der Waals surface area contributed by atoms with Crippen LogP contribution < -0.4 is 10.6 Å². The van der Waals surface area contributed by atoms with Crippen LogP contribution in [0.5, 0.6) is 0 Å². The number of nitrogens with one attached hydrogen (secondary N) is 2. The Labute approximate surface area is 71.7 Å². The molecule has 4 nitrogen and oxygen atoms in total. The maximum atomic E-state index is 11.3. The summed E-state index contributed by atoms with van der Waals surface area (Å²) in [6.45, 7) is 5.61. The zero-order valence-corrected chi connectivity index (χ0v) is 7.60. The molecule has 68 valence electrons. The van der Waals surface area contributed by atoms with Gasteiger partial charge in [-0.2, -0.15) is 0 Å². The zero-order valence-electron chi connectivity index (χ0n) is 7.60. The average molecular weight is 170 g/mol. The van der Waals surface area contributed by atoms with Gasteiger partial charge in [0.05, 0.1) is 5.41 Å². The highest BCUT2D eigenvalue weighted by Gasteiger charge is 2.41. The van der Waals surface area contributed by atoms with Crippen molar-refractivity contribution in [1.29, 1.82) is 0 Å². The molecule has 12 heavy (non-hydrogen) atoms. The summed E-state index contributed by atoms with van der Waals surface area (Å²) in [6, 6.07) is -0.440. The number of urea groups is 1. The molecule has 1 atom stereocenters. The lowest BCUT2D eigenvalue weighted by Gasteiger charge is -2.36. The Balaban J connectivity index is 2.85. The Morgan fingerprint density at radius 3 is 2.50 bits per heavy atom. The molecule has 1 aliphatic heterocycles. The molecular weight excluding hydrogens is 156 g/mol. The van der Waals surface area contributed by atoms with E-state index in [1.807, 2.05) is 20.8 Å². The molecule has 3 amide bonds. The molecule has 0 aromatic heterocycles. The maximum Gasteiger partial charge on any atom is 0.321 e. The number of imide groups is 1. The molecule has 1 fully saturated rings. The van der Waals surface area contributed by atoms with Crippen molar-refractivity contribution in [2.75, 3.05) is 0 Å². The van der Waals surface area contributed by atoms with Gasteiger partial charge in [0.2, 0.25) is 5.91 Å². The number of carbonyl (C=O) groups is 2. The standard InChI is InChI=1S/C8H14N2O2/c1-4-5-8(2,3)6(11)10-7(12)9-5/h5H,4H2,1-3H3,(H2,9,10,11,12). The van der Waals surface area contributed by atoms with Crippen molar-refractivity contribution in [3.05, 3.63) is 0 Å². The number of amides is 3. The summed E-state index contributed by atoms with van der Waals surface area (Å²) in [5.74, 6) is -0.196. The lowest BCUT2D eigenvalue weighted by Crippen LogP contribution is -2.62. The highest BCUT2D eigenvalue weighted by molar-refractivity contribution is 6.00. The smallest absolute Gasteiger partial charge is 0.321 e. The van der Waals surface area contributed by atoms with Gasteiger partial charge in [-0.25, -0.2) is 4.79 Å². The van der Waals surface area contributed by atoms with E-state index in [9.17, 15) is 9.59 Å². The van der Waals surface area contributed by atoms with Crippen LogP contribution in [0.1, 0.15) is 27.2 Å². The quantitative estimate of drug-likeness (QED) is 0.606. The van der Waals surface area contributed by atoms with Crippen LogP contribution in [0.2, 0.25) is 0 Å². The second-order valence-electron chi connectivity index (χ2n) is 3.61. The van der Waals surface area contributed by atoms with Gasteiger partial charge in [0.25, 0.3) is 0 Å². The van der Waals surface area contributed by atoms with Crippen molar-refractivity contribution in [2.24, 2.45) is 5.41 Å². The van der Waals surface area contributed by atoms with Gasteiger partial charge in [-0.3, -0.25) is 10.1 Å². The fourth-order valence-corrected chi connectivity index (χ4v) is 1.41. The molecule has 0 spiro atoms.